The Bertz CT molecular complexity index is 2670. The maximum Gasteiger partial charge on any atom is 0.144 e. The molecule has 54 heavy (non-hydrogen) atoms. The molecule has 0 radical (unpaired) electrons. The second-order valence-electron chi connectivity index (χ2n) is 13.8. The molecule has 3 aliphatic heterocycles. The van der Waals surface area contributed by atoms with E-state index in [1.807, 2.05) is 122 Å². The minimum atomic E-state index is -1.77. The number of hydrogen-bond donors (Lipinski definition) is 7. The first kappa shape index (κ1) is 33.2. The van der Waals surface area contributed by atoms with Crippen LogP contribution in [0.2, 0.25) is 0 Å². The van der Waals surface area contributed by atoms with Crippen LogP contribution in [0.15, 0.2) is 127 Å². The number of nitrogens with zero attached hydrogens (tertiary/aromatic N) is 2. The summed E-state index contributed by atoms with van der Waals surface area (Å²) >= 11 is 0. The third-order valence-electron chi connectivity index (χ3n) is 10.4. The van der Waals surface area contributed by atoms with E-state index >= 15 is 0 Å². The Balaban J connectivity index is 1.52. The van der Waals surface area contributed by atoms with Crippen molar-refractivity contribution in [2.75, 3.05) is 12.4 Å². The normalized spacial score (nSPS) is 14.5. The molecule has 0 amide bonds. The maximum atomic E-state index is 7.17. The van der Waals surface area contributed by atoms with Gasteiger partial charge >= 0.3 is 0 Å². The molecular formula is C45H39N9. The molecule has 8 bridgehead atoms. The first-order valence-electron chi connectivity index (χ1n) is 17.8. The largest absolute Gasteiger partial charge is 0.388 e. The number of aromatic nitrogens is 4. The molecule has 9 nitrogen and oxygen atoms in total. The lowest BCUT2D eigenvalue weighted by Crippen LogP contribution is -2.69. The quantitative estimate of drug-likeness (QED) is 0.0891. The van der Waals surface area contributed by atoms with Crippen LogP contribution in [-0.2, 0) is 11.3 Å². The van der Waals surface area contributed by atoms with Crippen molar-refractivity contribution < 1.29 is 0 Å². The van der Waals surface area contributed by atoms with Crippen LogP contribution in [-0.4, -0.2) is 27.0 Å². The van der Waals surface area contributed by atoms with E-state index in [0.717, 1.165) is 61.5 Å². The third-order valence-corrected chi connectivity index (χ3v) is 10.4. The van der Waals surface area contributed by atoms with Gasteiger partial charge in [0.15, 0.2) is 0 Å². The summed E-state index contributed by atoms with van der Waals surface area (Å²) in [7, 11) is 1.88. The van der Waals surface area contributed by atoms with Gasteiger partial charge in [0.1, 0.15) is 11.3 Å². The predicted octanol–water partition coefficient (Wildman–Crippen LogP) is 7.93. The minimum Gasteiger partial charge on any atom is -0.388 e. The summed E-state index contributed by atoms with van der Waals surface area (Å²) < 4.78 is 0. The topological polar surface area (TPSA) is 173 Å². The van der Waals surface area contributed by atoms with Gasteiger partial charge in [-0.3, -0.25) is 0 Å². The van der Waals surface area contributed by atoms with Crippen molar-refractivity contribution in [3.05, 3.63) is 162 Å². The summed E-state index contributed by atoms with van der Waals surface area (Å²) in [5.74, 6) is 0. The Labute approximate surface area is 312 Å². The Hall–Kier alpha value is -6.62. The molecule has 2 aromatic heterocycles. The number of aromatic amines is 2. The van der Waals surface area contributed by atoms with Crippen molar-refractivity contribution >= 4 is 41.0 Å². The van der Waals surface area contributed by atoms with Crippen molar-refractivity contribution in [1.29, 1.82) is 0 Å². The summed E-state index contributed by atoms with van der Waals surface area (Å²) in [5.41, 5.74) is 38.5. The first-order valence-corrected chi connectivity index (χ1v) is 17.8. The molecule has 0 saturated carbocycles. The maximum absolute atomic E-state index is 7.17. The lowest BCUT2D eigenvalue weighted by Gasteiger charge is -2.35. The molecule has 9 heteroatoms. The summed E-state index contributed by atoms with van der Waals surface area (Å²) in [6, 6.07) is 42.7. The summed E-state index contributed by atoms with van der Waals surface area (Å²) in [6.07, 6.45) is 8.04. The SMILES string of the molecule is CNc1ccc(-c2c3nc(c(-c4ccccc4)c4ccc([nH]4)c(-c4ccccc4)c4nc(c(-c5ccccc5)c5[nH]c2C(N)(N)C5(N)N)C=C4)C=C3)cc1. The van der Waals surface area contributed by atoms with Gasteiger partial charge in [0, 0.05) is 46.0 Å². The number of rotatable bonds is 5. The molecule has 0 atom stereocenters. The van der Waals surface area contributed by atoms with Crippen LogP contribution in [0.1, 0.15) is 34.2 Å². The Kier molecular flexibility index (Phi) is 7.88. The van der Waals surface area contributed by atoms with Gasteiger partial charge in [0.25, 0.3) is 0 Å². The number of nitrogens with one attached hydrogen (secondary N) is 3. The van der Waals surface area contributed by atoms with Crippen molar-refractivity contribution in [3.8, 4) is 44.5 Å². The van der Waals surface area contributed by atoms with Gasteiger partial charge in [0.2, 0.25) is 0 Å². The molecule has 0 saturated heterocycles. The molecule has 9 rings (SSSR count). The van der Waals surface area contributed by atoms with E-state index in [2.05, 4.69) is 51.7 Å². The highest BCUT2D eigenvalue weighted by Gasteiger charge is 2.52. The summed E-state index contributed by atoms with van der Waals surface area (Å²) in [5, 5.41) is 3.20. The van der Waals surface area contributed by atoms with E-state index in [1.165, 1.54) is 0 Å². The van der Waals surface area contributed by atoms with Gasteiger partial charge in [0.05, 0.1) is 34.2 Å². The van der Waals surface area contributed by atoms with Gasteiger partial charge in [-0.15, -0.1) is 0 Å². The van der Waals surface area contributed by atoms with Gasteiger partial charge in [-0.05, 0) is 70.8 Å². The van der Waals surface area contributed by atoms with Gasteiger partial charge < -0.3 is 38.2 Å². The highest BCUT2D eigenvalue weighted by Crippen LogP contribution is 2.45. The lowest BCUT2D eigenvalue weighted by molar-refractivity contribution is 0.253. The van der Waals surface area contributed by atoms with Crippen molar-refractivity contribution in [2.45, 2.75) is 11.3 Å². The number of H-pyrrole nitrogens is 2. The molecule has 0 fully saturated rings. The molecular weight excluding hydrogens is 667 g/mol. The fraction of sp³-hybridized carbons (Fsp3) is 0.0667. The molecule has 6 aromatic rings. The lowest BCUT2D eigenvalue weighted by atomic mass is 9.85. The van der Waals surface area contributed by atoms with E-state index in [4.69, 9.17) is 32.9 Å². The highest BCUT2D eigenvalue weighted by atomic mass is 15.2. The monoisotopic (exact) mass is 705 g/mol. The zero-order valence-corrected chi connectivity index (χ0v) is 29.6. The highest BCUT2D eigenvalue weighted by molar-refractivity contribution is 5.97. The summed E-state index contributed by atoms with van der Waals surface area (Å²) in [6.45, 7) is 0. The van der Waals surface area contributed by atoms with E-state index in [0.29, 0.717) is 33.9 Å². The van der Waals surface area contributed by atoms with Crippen LogP contribution in [0.3, 0.4) is 0 Å². The van der Waals surface area contributed by atoms with Crippen molar-refractivity contribution in [2.24, 2.45) is 22.9 Å². The molecule has 11 N–H and O–H groups in total. The van der Waals surface area contributed by atoms with E-state index in [1.54, 1.807) is 0 Å². The van der Waals surface area contributed by atoms with E-state index in [-0.39, 0.29) is 0 Å². The van der Waals surface area contributed by atoms with E-state index < -0.39 is 11.3 Å². The van der Waals surface area contributed by atoms with Crippen LogP contribution in [0, 0.1) is 0 Å². The molecule has 3 aliphatic rings. The molecule has 0 unspecified atom stereocenters. The minimum absolute atomic E-state index is 0.441. The number of hydrogen-bond acceptors (Lipinski definition) is 7. The Morgan fingerprint density at radius 1 is 0.426 bits per heavy atom. The summed E-state index contributed by atoms with van der Waals surface area (Å²) in [4.78, 5) is 18.0. The number of nitrogens with two attached hydrogens (primary N) is 4. The number of benzene rings is 4. The van der Waals surface area contributed by atoms with Gasteiger partial charge in [-0.2, -0.15) is 0 Å². The first-order chi connectivity index (χ1) is 26.2. The Morgan fingerprint density at radius 3 is 1.17 bits per heavy atom. The van der Waals surface area contributed by atoms with E-state index in [9.17, 15) is 0 Å². The molecule has 0 spiro atoms. The zero-order valence-electron chi connectivity index (χ0n) is 29.6. The molecule has 4 aromatic carbocycles. The van der Waals surface area contributed by atoms with Crippen LogP contribution in [0.4, 0.5) is 5.69 Å². The average molecular weight is 706 g/mol. The van der Waals surface area contributed by atoms with Crippen molar-refractivity contribution in [3.63, 3.8) is 0 Å². The fourth-order valence-electron chi connectivity index (χ4n) is 7.59. The van der Waals surface area contributed by atoms with Crippen molar-refractivity contribution in [1.82, 2.24) is 19.9 Å². The average Bonchev–Trinajstić information content (AvgIpc) is 4.01. The fourth-order valence-corrected chi connectivity index (χ4v) is 7.59. The Morgan fingerprint density at radius 2 is 0.778 bits per heavy atom. The molecule has 5 heterocycles. The second-order valence-corrected chi connectivity index (χ2v) is 13.8. The van der Waals surface area contributed by atoms with Gasteiger partial charge in [-0.25, -0.2) is 9.97 Å². The zero-order chi connectivity index (χ0) is 37.0. The van der Waals surface area contributed by atoms with Crippen LogP contribution in [0.5, 0.6) is 0 Å². The van der Waals surface area contributed by atoms with Crippen LogP contribution < -0.4 is 28.3 Å². The standard InChI is InChI=1S/C45H39N9/c1-50-31-19-17-30(18-20-31)41-37-26-24-35(53-37)39(28-13-7-3-8-14-28)33-22-21-32(51-33)38(27-11-5-2-6-12-27)34-23-25-36(52-34)40(29-15-9-4-10-16-29)42-44(46,47)45(48,49)43(41)54-42/h2-26,50-51,54H,46-49H2,1H3. The number of anilines is 1. The second kappa shape index (κ2) is 12.8. The third kappa shape index (κ3) is 5.34. The van der Waals surface area contributed by atoms with Crippen LogP contribution >= 0.6 is 0 Å². The predicted molar refractivity (Wildman–Crippen MR) is 222 cm³/mol. The molecule has 0 aliphatic carbocycles. The van der Waals surface area contributed by atoms with Gasteiger partial charge in [-0.1, -0.05) is 103 Å². The van der Waals surface area contributed by atoms with Crippen LogP contribution in [0.25, 0.3) is 79.8 Å². The molecule has 264 valence electrons. The smallest absolute Gasteiger partial charge is 0.144 e. The number of fused-ring (bicyclic) bond motifs is 8.